The Balaban J connectivity index is 3.55. The Morgan fingerprint density at radius 1 is 1.54 bits per heavy atom. The van der Waals surface area contributed by atoms with E-state index in [9.17, 15) is 9.90 Å². The van der Waals surface area contributed by atoms with E-state index in [2.05, 4.69) is 18.8 Å². The Labute approximate surface area is 79.8 Å². The summed E-state index contributed by atoms with van der Waals surface area (Å²) in [5.74, 6) is -0.274. The fourth-order valence-electron chi connectivity index (χ4n) is 0.934. The number of carbonyl (C=O) groups is 1. The minimum atomic E-state index is -0.726. The molecule has 1 amide bonds. The van der Waals surface area contributed by atoms with E-state index in [1.54, 1.807) is 6.92 Å². The zero-order valence-electron chi connectivity index (χ0n) is 8.47. The molecule has 0 saturated heterocycles. The fourth-order valence-corrected chi connectivity index (χ4v) is 0.934. The van der Waals surface area contributed by atoms with Crippen LogP contribution in [0.15, 0.2) is 12.2 Å². The molecule has 3 heteroatoms. The van der Waals surface area contributed by atoms with Gasteiger partial charge in [-0.3, -0.25) is 4.79 Å². The fraction of sp³-hybridized carbons (Fsp3) is 0.700. The first kappa shape index (κ1) is 12.2. The predicted octanol–water partition coefficient (Wildman–Crippen LogP) is 1.58. The molecule has 1 atom stereocenters. The summed E-state index contributed by atoms with van der Waals surface area (Å²) >= 11 is 0. The first-order valence-corrected chi connectivity index (χ1v) is 4.72. The Morgan fingerprint density at radius 3 is 2.62 bits per heavy atom. The third-order valence-electron chi connectivity index (χ3n) is 1.77. The van der Waals surface area contributed by atoms with Crippen molar-refractivity contribution in [1.29, 1.82) is 0 Å². The summed E-state index contributed by atoms with van der Waals surface area (Å²) in [4.78, 5) is 11.0. The molecule has 76 valence electrons. The smallest absolute Gasteiger partial charge is 0.248 e. The van der Waals surface area contributed by atoms with Crippen LogP contribution in [0.1, 0.15) is 39.5 Å². The molecular formula is C10H19NO2. The van der Waals surface area contributed by atoms with Gasteiger partial charge in [-0.25, -0.2) is 0 Å². The molecule has 0 rings (SSSR count). The van der Waals surface area contributed by atoms with Crippen LogP contribution >= 0.6 is 0 Å². The van der Waals surface area contributed by atoms with Gasteiger partial charge in [0.15, 0.2) is 0 Å². The van der Waals surface area contributed by atoms with E-state index in [4.69, 9.17) is 0 Å². The number of aliphatic hydroxyl groups is 1. The van der Waals surface area contributed by atoms with Crippen molar-refractivity contribution in [1.82, 2.24) is 5.32 Å². The molecule has 0 aliphatic carbocycles. The first-order chi connectivity index (χ1) is 6.07. The summed E-state index contributed by atoms with van der Waals surface area (Å²) in [6.07, 6.45) is 3.03. The number of hydrogen-bond donors (Lipinski definition) is 2. The standard InChI is InChI=1S/C10H19NO2/c1-4-5-6-7-9(12)11-10(13)8(2)3/h9,12H,2,4-7H2,1,3H3,(H,11,13). The van der Waals surface area contributed by atoms with E-state index in [-0.39, 0.29) is 5.91 Å². The quantitative estimate of drug-likeness (QED) is 0.375. The number of nitrogens with one attached hydrogen (secondary N) is 1. The maximum atomic E-state index is 11.0. The second kappa shape index (κ2) is 6.66. The predicted molar refractivity (Wildman–Crippen MR) is 53.1 cm³/mol. The van der Waals surface area contributed by atoms with E-state index in [1.165, 1.54) is 0 Å². The lowest BCUT2D eigenvalue weighted by molar-refractivity contribution is -0.120. The molecule has 0 spiro atoms. The van der Waals surface area contributed by atoms with Crippen molar-refractivity contribution in [3.8, 4) is 0 Å². The molecule has 0 aliphatic heterocycles. The van der Waals surface area contributed by atoms with E-state index in [0.29, 0.717) is 12.0 Å². The maximum Gasteiger partial charge on any atom is 0.248 e. The molecule has 1 unspecified atom stereocenters. The molecular weight excluding hydrogens is 166 g/mol. The van der Waals surface area contributed by atoms with Crippen molar-refractivity contribution in [2.45, 2.75) is 45.8 Å². The van der Waals surface area contributed by atoms with Gasteiger partial charge in [-0.15, -0.1) is 0 Å². The van der Waals surface area contributed by atoms with Gasteiger partial charge in [0.25, 0.3) is 0 Å². The molecule has 3 nitrogen and oxygen atoms in total. The van der Waals surface area contributed by atoms with Crippen LogP contribution in [0.2, 0.25) is 0 Å². The van der Waals surface area contributed by atoms with Crippen molar-refractivity contribution in [2.24, 2.45) is 0 Å². The largest absolute Gasteiger partial charge is 0.374 e. The summed E-state index contributed by atoms with van der Waals surface area (Å²) in [6.45, 7) is 7.20. The average molecular weight is 185 g/mol. The zero-order valence-corrected chi connectivity index (χ0v) is 8.47. The van der Waals surface area contributed by atoms with Gasteiger partial charge in [-0.1, -0.05) is 26.3 Å². The first-order valence-electron chi connectivity index (χ1n) is 4.72. The van der Waals surface area contributed by atoms with Crippen LogP contribution in [0.3, 0.4) is 0 Å². The second-order valence-electron chi connectivity index (χ2n) is 3.27. The number of hydrogen-bond acceptors (Lipinski definition) is 2. The van der Waals surface area contributed by atoms with Gasteiger partial charge >= 0.3 is 0 Å². The van der Waals surface area contributed by atoms with E-state index in [1.807, 2.05) is 0 Å². The Hall–Kier alpha value is -0.830. The Kier molecular flexibility index (Phi) is 6.24. The number of amides is 1. The summed E-state index contributed by atoms with van der Waals surface area (Å²) in [5.41, 5.74) is 0.426. The molecule has 0 aromatic carbocycles. The highest BCUT2D eigenvalue weighted by molar-refractivity contribution is 5.92. The van der Waals surface area contributed by atoms with Crippen LogP contribution in [0.25, 0.3) is 0 Å². The molecule has 0 aromatic heterocycles. The number of aliphatic hydroxyl groups excluding tert-OH is 1. The van der Waals surface area contributed by atoms with Crippen molar-refractivity contribution in [3.05, 3.63) is 12.2 Å². The molecule has 2 N–H and O–H groups in total. The number of carbonyl (C=O) groups excluding carboxylic acids is 1. The van der Waals surface area contributed by atoms with E-state index >= 15 is 0 Å². The van der Waals surface area contributed by atoms with Gasteiger partial charge in [-0.05, 0) is 19.8 Å². The average Bonchev–Trinajstić information content (AvgIpc) is 2.04. The molecule has 0 fully saturated rings. The van der Waals surface area contributed by atoms with Crippen LogP contribution in [0, 0.1) is 0 Å². The van der Waals surface area contributed by atoms with Crippen molar-refractivity contribution < 1.29 is 9.90 Å². The van der Waals surface area contributed by atoms with Gasteiger partial charge in [0, 0.05) is 5.57 Å². The Bertz CT molecular complexity index is 178. The lowest BCUT2D eigenvalue weighted by atomic mass is 10.2. The highest BCUT2D eigenvalue weighted by Crippen LogP contribution is 2.01. The zero-order chi connectivity index (χ0) is 10.3. The SMILES string of the molecule is C=C(C)C(=O)NC(O)CCCCC. The molecule has 0 aliphatic rings. The highest BCUT2D eigenvalue weighted by Gasteiger charge is 2.07. The lowest BCUT2D eigenvalue weighted by Crippen LogP contribution is -2.34. The van der Waals surface area contributed by atoms with Gasteiger partial charge in [0.1, 0.15) is 6.23 Å². The highest BCUT2D eigenvalue weighted by atomic mass is 16.3. The normalized spacial score (nSPS) is 12.2. The molecule has 0 heterocycles. The summed E-state index contributed by atoms with van der Waals surface area (Å²) < 4.78 is 0. The molecule has 13 heavy (non-hydrogen) atoms. The minimum absolute atomic E-state index is 0.274. The molecule has 0 radical (unpaired) electrons. The summed E-state index contributed by atoms with van der Waals surface area (Å²) in [6, 6.07) is 0. The minimum Gasteiger partial charge on any atom is -0.374 e. The Morgan fingerprint density at radius 2 is 2.15 bits per heavy atom. The van der Waals surface area contributed by atoms with Crippen molar-refractivity contribution >= 4 is 5.91 Å². The van der Waals surface area contributed by atoms with Gasteiger partial charge in [0.05, 0.1) is 0 Å². The number of rotatable bonds is 6. The second-order valence-corrected chi connectivity index (χ2v) is 3.27. The van der Waals surface area contributed by atoms with E-state index in [0.717, 1.165) is 19.3 Å². The van der Waals surface area contributed by atoms with Crippen molar-refractivity contribution in [3.63, 3.8) is 0 Å². The van der Waals surface area contributed by atoms with Crippen LogP contribution in [-0.2, 0) is 4.79 Å². The third kappa shape index (κ3) is 6.34. The third-order valence-corrected chi connectivity index (χ3v) is 1.77. The van der Waals surface area contributed by atoms with Crippen LogP contribution in [0.5, 0.6) is 0 Å². The molecule has 0 aromatic rings. The van der Waals surface area contributed by atoms with Crippen LogP contribution in [-0.4, -0.2) is 17.2 Å². The molecule has 0 bridgehead atoms. The monoisotopic (exact) mass is 185 g/mol. The maximum absolute atomic E-state index is 11.0. The van der Waals surface area contributed by atoms with Crippen molar-refractivity contribution in [2.75, 3.05) is 0 Å². The molecule has 0 saturated carbocycles. The topological polar surface area (TPSA) is 49.3 Å². The van der Waals surface area contributed by atoms with E-state index < -0.39 is 6.23 Å². The summed E-state index contributed by atoms with van der Waals surface area (Å²) in [5, 5.41) is 11.8. The van der Waals surface area contributed by atoms with Gasteiger partial charge < -0.3 is 10.4 Å². The lowest BCUT2D eigenvalue weighted by Gasteiger charge is -2.11. The van der Waals surface area contributed by atoms with Crippen LogP contribution in [0.4, 0.5) is 0 Å². The summed E-state index contributed by atoms with van der Waals surface area (Å²) in [7, 11) is 0. The number of unbranched alkanes of at least 4 members (excludes halogenated alkanes) is 2. The van der Waals surface area contributed by atoms with Gasteiger partial charge in [-0.2, -0.15) is 0 Å². The van der Waals surface area contributed by atoms with Gasteiger partial charge in [0.2, 0.25) is 5.91 Å². The van der Waals surface area contributed by atoms with Crippen LogP contribution < -0.4 is 5.32 Å².